The molecule has 1 aliphatic heterocycles. The molecule has 1 amide bonds. The van der Waals surface area contributed by atoms with Gasteiger partial charge in [-0.25, -0.2) is 0 Å². The lowest BCUT2D eigenvalue weighted by molar-refractivity contribution is 0.0795. The minimum absolute atomic E-state index is 0.0163. The number of rotatable bonds is 6. The zero-order valence-corrected chi connectivity index (χ0v) is 18.8. The Morgan fingerprint density at radius 1 is 1.23 bits per heavy atom. The van der Waals surface area contributed by atoms with Gasteiger partial charge < -0.3 is 14.2 Å². The van der Waals surface area contributed by atoms with Crippen LogP contribution in [-0.4, -0.2) is 50.9 Å². The summed E-state index contributed by atoms with van der Waals surface area (Å²) in [5.41, 5.74) is 5.74. The fourth-order valence-corrected chi connectivity index (χ4v) is 4.00. The number of carbonyl (C=O) groups excluding carboxylic acids is 1. The van der Waals surface area contributed by atoms with E-state index in [2.05, 4.69) is 30.1 Å². The van der Waals surface area contributed by atoms with Crippen LogP contribution in [0.5, 0.6) is 0 Å². The van der Waals surface area contributed by atoms with Crippen molar-refractivity contribution in [1.29, 1.82) is 0 Å². The first kappa shape index (κ1) is 21.2. The van der Waals surface area contributed by atoms with Crippen LogP contribution < -0.4 is 0 Å². The largest absolute Gasteiger partial charge is 0.376 e. The summed E-state index contributed by atoms with van der Waals surface area (Å²) in [7, 11) is 1.79. The number of nitrogens with zero attached hydrogens (tertiary/aromatic N) is 5. The van der Waals surface area contributed by atoms with Gasteiger partial charge in [0.2, 0.25) is 0 Å². The molecule has 0 radical (unpaired) electrons. The highest BCUT2D eigenvalue weighted by atomic mass is 16.5. The molecule has 8 nitrogen and oxygen atoms in total. The van der Waals surface area contributed by atoms with Gasteiger partial charge >= 0.3 is 0 Å². The van der Waals surface area contributed by atoms with Crippen molar-refractivity contribution in [2.75, 3.05) is 20.2 Å². The molecule has 0 bridgehead atoms. The molecule has 0 unspecified atom stereocenters. The summed E-state index contributed by atoms with van der Waals surface area (Å²) < 4.78 is 13.2. The van der Waals surface area contributed by atoms with E-state index in [1.165, 1.54) is 5.69 Å². The summed E-state index contributed by atoms with van der Waals surface area (Å²) >= 11 is 0. The van der Waals surface area contributed by atoms with Crippen LogP contribution in [0.4, 0.5) is 0 Å². The molecular weight excluding hydrogens is 394 g/mol. The van der Waals surface area contributed by atoms with E-state index in [-0.39, 0.29) is 11.9 Å². The third-order valence-corrected chi connectivity index (χ3v) is 5.49. The SMILES string of the molecule is Cc1cc(C)cc(C(=O)N(C)CCc2noc(-c3nn(C(C)C)c4c3COCC4)n2)c1. The Hall–Kier alpha value is -3.00. The fourth-order valence-electron chi connectivity index (χ4n) is 4.00. The fraction of sp³-hybridized carbons (Fsp3) is 0.478. The Morgan fingerprint density at radius 2 is 1.97 bits per heavy atom. The van der Waals surface area contributed by atoms with Crippen molar-refractivity contribution in [3.8, 4) is 11.6 Å². The molecule has 0 N–H and O–H groups in total. The van der Waals surface area contributed by atoms with E-state index >= 15 is 0 Å². The van der Waals surface area contributed by atoms with Crippen LogP contribution in [0.25, 0.3) is 11.6 Å². The molecule has 0 atom stereocenters. The number of fused-ring (bicyclic) bond motifs is 1. The number of benzene rings is 1. The number of aryl methyl sites for hydroxylation is 2. The van der Waals surface area contributed by atoms with Crippen molar-refractivity contribution in [2.45, 2.75) is 53.2 Å². The lowest BCUT2D eigenvalue weighted by Gasteiger charge is -2.17. The van der Waals surface area contributed by atoms with Crippen molar-refractivity contribution in [2.24, 2.45) is 0 Å². The van der Waals surface area contributed by atoms with E-state index in [1.807, 2.05) is 30.7 Å². The second-order valence-electron chi connectivity index (χ2n) is 8.48. The minimum atomic E-state index is -0.0163. The van der Waals surface area contributed by atoms with E-state index in [1.54, 1.807) is 11.9 Å². The monoisotopic (exact) mass is 423 g/mol. The second-order valence-corrected chi connectivity index (χ2v) is 8.48. The van der Waals surface area contributed by atoms with Crippen LogP contribution in [0, 0.1) is 13.8 Å². The third kappa shape index (κ3) is 4.39. The summed E-state index contributed by atoms with van der Waals surface area (Å²) in [6.07, 6.45) is 1.33. The Kier molecular flexibility index (Phi) is 5.91. The quantitative estimate of drug-likeness (QED) is 0.603. The highest BCUT2D eigenvalue weighted by molar-refractivity contribution is 5.94. The smallest absolute Gasteiger partial charge is 0.278 e. The van der Waals surface area contributed by atoms with Crippen LogP contribution in [-0.2, 0) is 24.2 Å². The molecule has 8 heteroatoms. The number of hydrogen-bond acceptors (Lipinski definition) is 6. The van der Waals surface area contributed by atoms with Gasteiger partial charge in [-0.15, -0.1) is 0 Å². The molecule has 0 saturated carbocycles. The van der Waals surface area contributed by atoms with Crippen molar-refractivity contribution in [1.82, 2.24) is 24.8 Å². The third-order valence-electron chi connectivity index (χ3n) is 5.49. The predicted molar refractivity (Wildman–Crippen MR) is 116 cm³/mol. The molecule has 0 saturated heterocycles. The van der Waals surface area contributed by atoms with Crippen molar-refractivity contribution in [3.63, 3.8) is 0 Å². The van der Waals surface area contributed by atoms with Gasteiger partial charge in [0, 0.05) is 49.3 Å². The second kappa shape index (κ2) is 8.63. The van der Waals surface area contributed by atoms with Gasteiger partial charge in [0.25, 0.3) is 11.8 Å². The van der Waals surface area contributed by atoms with E-state index in [0.29, 0.717) is 49.2 Å². The molecule has 0 fully saturated rings. The van der Waals surface area contributed by atoms with Gasteiger partial charge in [0.15, 0.2) is 11.5 Å². The average Bonchev–Trinajstić information content (AvgIpc) is 3.35. The Bertz CT molecular complexity index is 1080. The summed E-state index contributed by atoms with van der Waals surface area (Å²) in [6, 6.07) is 6.12. The standard InChI is InChI=1S/C23H29N5O3/c1-14(2)28-19-7-9-30-13-18(19)21(25-28)22-24-20(26-31-22)6-8-27(5)23(29)17-11-15(3)10-16(4)12-17/h10-12,14H,6-9,13H2,1-5H3. The lowest BCUT2D eigenvalue weighted by Crippen LogP contribution is -2.29. The molecule has 1 aromatic carbocycles. The van der Waals surface area contributed by atoms with Gasteiger partial charge in [0.1, 0.15) is 0 Å². The summed E-state index contributed by atoms with van der Waals surface area (Å²) in [4.78, 5) is 19.0. The number of aromatic nitrogens is 4. The van der Waals surface area contributed by atoms with Crippen LogP contribution in [0.15, 0.2) is 22.7 Å². The molecule has 3 heterocycles. The van der Waals surface area contributed by atoms with Crippen LogP contribution >= 0.6 is 0 Å². The van der Waals surface area contributed by atoms with Gasteiger partial charge in [-0.1, -0.05) is 22.3 Å². The number of hydrogen-bond donors (Lipinski definition) is 0. The highest BCUT2D eigenvalue weighted by Gasteiger charge is 2.26. The number of ether oxygens (including phenoxy) is 1. The zero-order valence-electron chi connectivity index (χ0n) is 18.8. The Balaban J connectivity index is 1.47. The van der Waals surface area contributed by atoms with Crippen molar-refractivity contribution < 1.29 is 14.1 Å². The highest BCUT2D eigenvalue weighted by Crippen LogP contribution is 2.30. The predicted octanol–water partition coefficient (Wildman–Crippen LogP) is 3.52. The van der Waals surface area contributed by atoms with E-state index in [9.17, 15) is 4.79 Å². The van der Waals surface area contributed by atoms with Gasteiger partial charge in [-0.2, -0.15) is 10.1 Å². The molecular formula is C23H29N5O3. The molecule has 0 spiro atoms. The molecule has 3 aromatic rings. The van der Waals surface area contributed by atoms with Gasteiger partial charge in [-0.3, -0.25) is 9.48 Å². The first-order valence-electron chi connectivity index (χ1n) is 10.7. The number of carbonyl (C=O) groups is 1. The summed E-state index contributed by atoms with van der Waals surface area (Å²) in [5.74, 6) is 0.941. The van der Waals surface area contributed by atoms with Crippen molar-refractivity contribution in [3.05, 3.63) is 52.0 Å². The van der Waals surface area contributed by atoms with E-state index in [0.717, 1.165) is 23.1 Å². The van der Waals surface area contributed by atoms with E-state index < -0.39 is 0 Å². The minimum Gasteiger partial charge on any atom is -0.376 e. The first-order valence-corrected chi connectivity index (χ1v) is 10.7. The molecule has 1 aliphatic rings. The lowest BCUT2D eigenvalue weighted by atomic mass is 10.1. The van der Waals surface area contributed by atoms with Crippen LogP contribution in [0.3, 0.4) is 0 Å². The number of amides is 1. The summed E-state index contributed by atoms with van der Waals surface area (Å²) in [6.45, 7) is 9.89. The van der Waals surface area contributed by atoms with Crippen molar-refractivity contribution >= 4 is 5.91 Å². The van der Waals surface area contributed by atoms with E-state index in [4.69, 9.17) is 14.4 Å². The molecule has 0 aliphatic carbocycles. The van der Waals surface area contributed by atoms with Gasteiger partial charge in [-0.05, 0) is 39.8 Å². The molecule has 31 heavy (non-hydrogen) atoms. The molecule has 4 rings (SSSR count). The zero-order chi connectivity index (χ0) is 22.1. The maximum Gasteiger partial charge on any atom is 0.278 e. The summed E-state index contributed by atoms with van der Waals surface area (Å²) in [5, 5.41) is 8.84. The number of likely N-dealkylation sites (N-methyl/N-ethyl adjacent to an activating group) is 1. The van der Waals surface area contributed by atoms with Gasteiger partial charge in [0.05, 0.1) is 13.2 Å². The first-order chi connectivity index (χ1) is 14.8. The Morgan fingerprint density at radius 3 is 2.68 bits per heavy atom. The average molecular weight is 424 g/mol. The van der Waals surface area contributed by atoms with Crippen LogP contribution in [0.1, 0.15) is 58.5 Å². The van der Waals surface area contributed by atoms with Crippen LogP contribution in [0.2, 0.25) is 0 Å². The molecule has 2 aromatic heterocycles. The molecule has 164 valence electrons. The topological polar surface area (TPSA) is 86.3 Å². The maximum atomic E-state index is 12.8. The maximum absolute atomic E-state index is 12.8. The normalized spacial score (nSPS) is 13.5. The Labute approximate surface area is 182 Å².